The average molecular weight is 343 g/mol. The van der Waals surface area contributed by atoms with Crippen molar-refractivity contribution in [3.8, 4) is 0 Å². The van der Waals surface area contributed by atoms with Crippen LogP contribution in [0.5, 0.6) is 0 Å². The number of carbonyl (C=O) groups is 2. The fourth-order valence-electron chi connectivity index (χ4n) is 3.77. The Labute approximate surface area is 150 Å². The van der Waals surface area contributed by atoms with E-state index in [0.717, 1.165) is 18.7 Å². The Bertz CT molecular complexity index is 568. The van der Waals surface area contributed by atoms with Crippen LogP contribution in [0.4, 0.5) is 0 Å². The van der Waals surface area contributed by atoms with Gasteiger partial charge in [-0.25, -0.2) is 0 Å². The van der Waals surface area contributed by atoms with E-state index in [-0.39, 0.29) is 17.9 Å². The third-order valence-corrected chi connectivity index (χ3v) is 5.11. The summed E-state index contributed by atoms with van der Waals surface area (Å²) in [6, 6.07) is 9.95. The number of rotatable bonds is 5. The summed E-state index contributed by atoms with van der Waals surface area (Å²) in [6.45, 7) is 3.72. The molecule has 1 aromatic rings. The van der Waals surface area contributed by atoms with E-state index in [2.05, 4.69) is 10.2 Å². The van der Waals surface area contributed by atoms with Crippen LogP contribution in [-0.2, 0) is 16.1 Å². The Kier molecular flexibility index (Phi) is 6.45. The van der Waals surface area contributed by atoms with Crippen molar-refractivity contribution in [2.75, 3.05) is 26.2 Å². The second-order valence-corrected chi connectivity index (χ2v) is 7.27. The molecule has 2 amide bonds. The first-order valence-electron chi connectivity index (χ1n) is 9.54. The molecule has 0 bridgehead atoms. The monoisotopic (exact) mass is 343 g/mol. The van der Waals surface area contributed by atoms with Crippen LogP contribution >= 0.6 is 0 Å². The molecule has 0 aromatic heterocycles. The summed E-state index contributed by atoms with van der Waals surface area (Å²) in [7, 11) is 0. The number of hydrogen-bond donors (Lipinski definition) is 1. The fourth-order valence-corrected chi connectivity index (χ4v) is 3.77. The Morgan fingerprint density at radius 2 is 1.72 bits per heavy atom. The Morgan fingerprint density at radius 3 is 2.44 bits per heavy atom. The van der Waals surface area contributed by atoms with Crippen molar-refractivity contribution in [3.05, 3.63) is 35.9 Å². The van der Waals surface area contributed by atoms with Crippen LogP contribution in [-0.4, -0.2) is 53.8 Å². The molecule has 3 rings (SSSR count). The van der Waals surface area contributed by atoms with E-state index in [9.17, 15) is 9.59 Å². The van der Waals surface area contributed by atoms with E-state index >= 15 is 0 Å². The van der Waals surface area contributed by atoms with Gasteiger partial charge in [-0.15, -0.1) is 0 Å². The normalized spacial score (nSPS) is 22.5. The lowest BCUT2D eigenvalue weighted by molar-refractivity contribution is -0.128. The summed E-state index contributed by atoms with van der Waals surface area (Å²) < 4.78 is 0. The molecular formula is C20H29N3O2. The van der Waals surface area contributed by atoms with E-state index in [1.807, 2.05) is 35.2 Å². The van der Waals surface area contributed by atoms with Crippen molar-refractivity contribution in [1.29, 1.82) is 0 Å². The van der Waals surface area contributed by atoms with Gasteiger partial charge in [-0.2, -0.15) is 0 Å². The molecule has 1 atom stereocenters. The van der Waals surface area contributed by atoms with Crippen molar-refractivity contribution in [1.82, 2.24) is 15.1 Å². The van der Waals surface area contributed by atoms with Crippen molar-refractivity contribution in [2.45, 2.75) is 51.1 Å². The Balaban J connectivity index is 1.45. The van der Waals surface area contributed by atoms with E-state index in [1.165, 1.54) is 32.1 Å². The molecule has 0 radical (unpaired) electrons. The summed E-state index contributed by atoms with van der Waals surface area (Å²) >= 11 is 0. The maximum absolute atomic E-state index is 12.4. The second-order valence-electron chi connectivity index (χ2n) is 7.27. The zero-order valence-electron chi connectivity index (χ0n) is 15.0. The average Bonchev–Trinajstić information content (AvgIpc) is 2.90. The number of likely N-dealkylation sites (tertiary alicyclic amines) is 2. The minimum absolute atomic E-state index is 0.0555. The van der Waals surface area contributed by atoms with Gasteiger partial charge in [0, 0.05) is 19.5 Å². The maximum Gasteiger partial charge on any atom is 0.234 e. The predicted octanol–water partition coefficient (Wildman–Crippen LogP) is 2.17. The summed E-state index contributed by atoms with van der Waals surface area (Å²) in [5.74, 6) is 0.181. The SMILES string of the molecule is O=C(CN1CCCCCCC1)N[C@H]1CC(=O)N(Cc2ccccc2)C1. The molecule has 5 heteroatoms. The van der Waals surface area contributed by atoms with Crippen LogP contribution < -0.4 is 5.32 Å². The van der Waals surface area contributed by atoms with Crippen molar-refractivity contribution >= 4 is 11.8 Å². The van der Waals surface area contributed by atoms with Crippen LogP contribution in [0.1, 0.15) is 44.1 Å². The van der Waals surface area contributed by atoms with Crippen LogP contribution in [0.15, 0.2) is 30.3 Å². The predicted molar refractivity (Wildman–Crippen MR) is 97.9 cm³/mol. The van der Waals surface area contributed by atoms with Gasteiger partial charge in [0.2, 0.25) is 11.8 Å². The minimum atomic E-state index is -0.0570. The van der Waals surface area contributed by atoms with Crippen LogP contribution in [0.2, 0.25) is 0 Å². The smallest absolute Gasteiger partial charge is 0.234 e. The molecule has 0 saturated carbocycles. The maximum atomic E-state index is 12.4. The zero-order chi connectivity index (χ0) is 17.5. The van der Waals surface area contributed by atoms with Gasteiger partial charge in [0.15, 0.2) is 0 Å². The third-order valence-electron chi connectivity index (χ3n) is 5.11. The lowest BCUT2D eigenvalue weighted by Crippen LogP contribution is -2.43. The van der Waals surface area contributed by atoms with Crippen LogP contribution in [0.25, 0.3) is 0 Å². The molecule has 0 spiro atoms. The van der Waals surface area contributed by atoms with Gasteiger partial charge in [-0.05, 0) is 31.5 Å². The van der Waals surface area contributed by atoms with Gasteiger partial charge in [-0.1, -0.05) is 49.6 Å². The summed E-state index contributed by atoms with van der Waals surface area (Å²) in [6.07, 6.45) is 6.63. The van der Waals surface area contributed by atoms with E-state index in [1.54, 1.807) is 0 Å². The minimum Gasteiger partial charge on any atom is -0.350 e. The van der Waals surface area contributed by atoms with Gasteiger partial charge in [0.05, 0.1) is 12.6 Å². The zero-order valence-corrected chi connectivity index (χ0v) is 15.0. The molecule has 2 heterocycles. The van der Waals surface area contributed by atoms with Crippen LogP contribution in [0, 0.1) is 0 Å². The van der Waals surface area contributed by atoms with E-state index in [0.29, 0.717) is 26.1 Å². The largest absolute Gasteiger partial charge is 0.350 e. The topological polar surface area (TPSA) is 52.7 Å². The highest BCUT2D eigenvalue weighted by atomic mass is 16.2. The molecule has 136 valence electrons. The highest BCUT2D eigenvalue weighted by Gasteiger charge is 2.30. The number of nitrogens with zero attached hydrogens (tertiary/aromatic N) is 2. The molecule has 0 unspecified atom stereocenters. The van der Waals surface area contributed by atoms with Crippen molar-refractivity contribution < 1.29 is 9.59 Å². The molecule has 2 saturated heterocycles. The van der Waals surface area contributed by atoms with Gasteiger partial charge in [-0.3, -0.25) is 14.5 Å². The second kappa shape index (κ2) is 8.99. The van der Waals surface area contributed by atoms with E-state index < -0.39 is 0 Å². The van der Waals surface area contributed by atoms with Gasteiger partial charge in [0.1, 0.15) is 0 Å². The van der Waals surface area contributed by atoms with Crippen molar-refractivity contribution in [3.63, 3.8) is 0 Å². The number of hydrogen-bond acceptors (Lipinski definition) is 3. The highest BCUT2D eigenvalue weighted by molar-refractivity contribution is 5.83. The molecule has 25 heavy (non-hydrogen) atoms. The molecule has 2 fully saturated rings. The summed E-state index contributed by atoms with van der Waals surface area (Å²) in [5.41, 5.74) is 1.13. The van der Waals surface area contributed by atoms with Gasteiger partial charge >= 0.3 is 0 Å². The van der Waals surface area contributed by atoms with Crippen LogP contribution in [0.3, 0.4) is 0 Å². The molecule has 0 aliphatic carbocycles. The van der Waals surface area contributed by atoms with Gasteiger partial charge < -0.3 is 10.2 Å². The number of nitrogens with one attached hydrogen (secondary N) is 1. The third kappa shape index (κ3) is 5.56. The summed E-state index contributed by atoms with van der Waals surface area (Å²) in [5, 5.41) is 3.07. The molecule has 1 aromatic carbocycles. The van der Waals surface area contributed by atoms with E-state index in [4.69, 9.17) is 0 Å². The molecule has 5 nitrogen and oxygen atoms in total. The molecular weight excluding hydrogens is 314 g/mol. The number of carbonyl (C=O) groups excluding carboxylic acids is 2. The standard InChI is InChI=1S/C20H29N3O2/c24-19(16-22-11-7-2-1-3-8-12-22)21-18-13-20(25)23(15-18)14-17-9-5-4-6-10-17/h4-6,9-10,18H,1-3,7-8,11-16H2,(H,21,24)/t18-/m0/s1. The van der Waals surface area contributed by atoms with Gasteiger partial charge in [0.25, 0.3) is 0 Å². The quantitative estimate of drug-likeness (QED) is 0.891. The lowest BCUT2D eigenvalue weighted by atomic mass is 10.1. The molecule has 2 aliphatic heterocycles. The first kappa shape index (κ1) is 17.9. The highest BCUT2D eigenvalue weighted by Crippen LogP contribution is 2.15. The first-order valence-corrected chi connectivity index (χ1v) is 9.54. The fraction of sp³-hybridized carbons (Fsp3) is 0.600. The molecule has 1 N–H and O–H groups in total. The number of benzene rings is 1. The number of amides is 2. The Hall–Kier alpha value is -1.88. The summed E-state index contributed by atoms with van der Waals surface area (Å²) in [4.78, 5) is 28.7. The Morgan fingerprint density at radius 1 is 1.04 bits per heavy atom. The van der Waals surface area contributed by atoms with Crippen molar-refractivity contribution in [2.24, 2.45) is 0 Å². The molecule has 2 aliphatic rings. The first-order chi connectivity index (χ1) is 12.2. The lowest BCUT2D eigenvalue weighted by Gasteiger charge is -2.24.